The second-order valence-corrected chi connectivity index (χ2v) is 5.24. The van der Waals surface area contributed by atoms with Crippen molar-refractivity contribution in [2.75, 3.05) is 0 Å². The van der Waals surface area contributed by atoms with Crippen LogP contribution in [0.2, 0.25) is 0 Å². The van der Waals surface area contributed by atoms with Gasteiger partial charge in [0.15, 0.2) is 0 Å². The van der Waals surface area contributed by atoms with Crippen LogP contribution >= 0.6 is 0 Å². The molecule has 0 aromatic heterocycles. The standard InChI is InChI=1S/C14H28O/c1-3-12(4-2)11-14(15)13-9-7-5-6-8-10-13/h12-15H,3-11H2,1-2H3. The Balaban J connectivity index is 2.33. The molecular formula is C14H28O. The summed E-state index contributed by atoms with van der Waals surface area (Å²) >= 11 is 0. The van der Waals surface area contributed by atoms with Crippen LogP contribution in [-0.4, -0.2) is 11.2 Å². The topological polar surface area (TPSA) is 20.2 Å². The molecule has 0 saturated heterocycles. The van der Waals surface area contributed by atoms with Crippen molar-refractivity contribution in [2.45, 2.75) is 77.7 Å². The van der Waals surface area contributed by atoms with Gasteiger partial charge in [0.1, 0.15) is 0 Å². The first-order chi connectivity index (χ1) is 7.27. The summed E-state index contributed by atoms with van der Waals surface area (Å²) in [6, 6.07) is 0. The van der Waals surface area contributed by atoms with E-state index < -0.39 is 0 Å². The van der Waals surface area contributed by atoms with Crippen LogP contribution in [0, 0.1) is 11.8 Å². The van der Waals surface area contributed by atoms with Crippen LogP contribution in [0.4, 0.5) is 0 Å². The number of aliphatic hydroxyl groups is 1. The second kappa shape index (κ2) is 7.27. The average Bonchev–Trinajstić information content (AvgIpc) is 2.54. The lowest BCUT2D eigenvalue weighted by atomic mass is 9.86. The Labute approximate surface area is 95.3 Å². The Morgan fingerprint density at radius 3 is 2.00 bits per heavy atom. The number of aliphatic hydroxyl groups excluding tert-OH is 1. The molecule has 1 atom stereocenters. The molecule has 1 heteroatoms. The van der Waals surface area contributed by atoms with Crippen LogP contribution in [0.15, 0.2) is 0 Å². The molecule has 1 rings (SSSR count). The van der Waals surface area contributed by atoms with Gasteiger partial charge in [0.2, 0.25) is 0 Å². The minimum atomic E-state index is -0.0204. The van der Waals surface area contributed by atoms with Crippen molar-refractivity contribution in [3.8, 4) is 0 Å². The van der Waals surface area contributed by atoms with Gasteiger partial charge >= 0.3 is 0 Å². The second-order valence-electron chi connectivity index (χ2n) is 5.24. The highest BCUT2D eigenvalue weighted by molar-refractivity contribution is 4.74. The third-order valence-corrected chi connectivity index (χ3v) is 4.17. The minimum absolute atomic E-state index is 0.0204. The molecule has 0 radical (unpaired) electrons. The van der Waals surface area contributed by atoms with Gasteiger partial charge < -0.3 is 5.11 Å². The van der Waals surface area contributed by atoms with Crippen molar-refractivity contribution >= 4 is 0 Å². The van der Waals surface area contributed by atoms with E-state index >= 15 is 0 Å². The maximum atomic E-state index is 10.2. The summed E-state index contributed by atoms with van der Waals surface area (Å²) in [7, 11) is 0. The maximum absolute atomic E-state index is 10.2. The number of rotatable bonds is 5. The fraction of sp³-hybridized carbons (Fsp3) is 1.00. The molecule has 0 heterocycles. The van der Waals surface area contributed by atoms with Gasteiger partial charge in [0.25, 0.3) is 0 Å². The number of hydrogen-bond acceptors (Lipinski definition) is 1. The lowest BCUT2D eigenvalue weighted by molar-refractivity contribution is 0.0721. The van der Waals surface area contributed by atoms with Crippen molar-refractivity contribution in [3.05, 3.63) is 0 Å². The Morgan fingerprint density at radius 1 is 1.00 bits per heavy atom. The Bertz CT molecular complexity index is 143. The van der Waals surface area contributed by atoms with Crippen molar-refractivity contribution in [1.82, 2.24) is 0 Å². The van der Waals surface area contributed by atoms with E-state index in [2.05, 4.69) is 13.8 Å². The highest BCUT2D eigenvalue weighted by atomic mass is 16.3. The van der Waals surface area contributed by atoms with Crippen LogP contribution in [0.25, 0.3) is 0 Å². The largest absolute Gasteiger partial charge is 0.393 e. The number of hydrogen-bond donors (Lipinski definition) is 1. The van der Waals surface area contributed by atoms with Gasteiger partial charge in [-0.2, -0.15) is 0 Å². The zero-order valence-corrected chi connectivity index (χ0v) is 10.5. The van der Waals surface area contributed by atoms with Gasteiger partial charge in [-0.3, -0.25) is 0 Å². The lowest BCUT2D eigenvalue weighted by Gasteiger charge is -2.24. The molecule has 90 valence electrons. The summed E-state index contributed by atoms with van der Waals surface area (Å²) in [6.45, 7) is 4.49. The molecule has 15 heavy (non-hydrogen) atoms. The van der Waals surface area contributed by atoms with Crippen LogP contribution in [0.3, 0.4) is 0 Å². The lowest BCUT2D eigenvalue weighted by Crippen LogP contribution is -2.23. The smallest absolute Gasteiger partial charge is 0.0571 e. The van der Waals surface area contributed by atoms with Crippen LogP contribution in [0.5, 0.6) is 0 Å². The SMILES string of the molecule is CCC(CC)CC(O)C1CCCCCC1. The fourth-order valence-corrected chi connectivity index (χ4v) is 2.85. The van der Waals surface area contributed by atoms with Gasteiger partial charge in [-0.25, -0.2) is 0 Å². The summed E-state index contributed by atoms with van der Waals surface area (Å²) < 4.78 is 0. The molecule has 0 spiro atoms. The quantitative estimate of drug-likeness (QED) is 0.679. The first-order valence-electron chi connectivity index (χ1n) is 6.96. The third kappa shape index (κ3) is 4.55. The van der Waals surface area contributed by atoms with E-state index in [0.717, 1.165) is 12.3 Å². The molecule has 1 N–H and O–H groups in total. The van der Waals surface area contributed by atoms with Crippen molar-refractivity contribution in [1.29, 1.82) is 0 Å². The monoisotopic (exact) mass is 212 g/mol. The molecule has 0 aliphatic heterocycles. The molecular weight excluding hydrogens is 184 g/mol. The summed E-state index contributed by atoms with van der Waals surface area (Å²) in [4.78, 5) is 0. The van der Waals surface area contributed by atoms with Crippen molar-refractivity contribution in [3.63, 3.8) is 0 Å². The molecule has 1 fully saturated rings. The van der Waals surface area contributed by atoms with Crippen LogP contribution in [0.1, 0.15) is 71.6 Å². The molecule has 1 aliphatic rings. The molecule has 0 aromatic carbocycles. The highest BCUT2D eigenvalue weighted by Crippen LogP contribution is 2.29. The summed E-state index contributed by atoms with van der Waals surface area (Å²) in [6.07, 6.45) is 11.4. The van der Waals surface area contributed by atoms with Gasteiger partial charge in [0, 0.05) is 0 Å². The average molecular weight is 212 g/mol. The molecule has 0 aromatic rings. The van der Waals surface area contributed by atoms with E-state index in [1.807, 2.05) is 0 Å². The van der Waals surface area contributed by atoms with Crippen molar-refractivity contribution in [2.24, 2.45) is 11.8 Å². The molecule has 0 bridgehead atoms. The highest BCUT2D eigenvalue weighted by Gasteiger charge is 2.22. The molecule has 0 amide bonds. The van der Waals surface area contributed by atoms with Gasteiger partial charge in [0.05, 0.1) is 6.10 Å². The van der Waals surface area contributed by atoms with E-state index in [4.69, 9.17) is 0 Å². The van der Waals surface area contributed by atoms with Crippen molar-refractivity contribution < 1.29 is 5.11 Å². The van der Waals surface area contributed by atoms with E-state index in [-0.39, 0.29) is 6.10 Å². The normalized spacial score (nSPS) is 21.6. The molecule has 1 nitrogen and oxygen atoms in total. The van der Waals surface area contributed by atoms with E-state index in [1.54, 1.807) is 0 Å². The minimum Gasteiger partial charge on any atom is -0.393 e. The molecule has 1 saturated carbocycles. The Morgan fingerprint density at radius 2 is 1.53 bits per heavy atom. The Hall–Kier alpha value is -0.0400. The van der Waals surface area contributed by atoms with Gasteiger partial charge in [-0.1, -0.05) is 52.4 Å². The van der Waals surface area contributed by atoms with Gasteiger partial charge in [-0.15, -0.1) is 0 Å². The van der Waals surface area contributed by atoms with Gasteiger partial charge in [-0.05, 0) is 31.1 Å². The molecule has 1 aliphatic carbocycles. The van der Waals surface area contributed by atoms with E-state index in [9.17, 15) is 5.11 Å². The zero-order valence-electron chi connectivity index (χ0n) is 10.5. The summed E-state index contributed by atoms with van der Waals surface area (Å²) in [5.41, 5.74) is 0. The Kier molecular flexibility index (Phi) is 6.31. The van der Waals surface area contributed by atoms with Crippen LogP contribution < -0.4 is 0 Å². The first kappa shape index (κ1) is 13.0. The van der Waals surface area contributed by atoms with E-state index in [1.165, 1.54) is 51.4 Å². The molecule has 1 unspecified atom stereocenters. The maximum Gasteiger partial charge on any atom is 0.0571 e. The van der Waals surface area contributed by atoms with E-state index in [0.29, 0.717) is 5.92 Å². The predicted octanol–water partition coefficient (Wildman–Crippen LogP) is 4.14. The fourth-order valence-electron chi connectivity index (χ4n) is 2.85. The summed E-state index contributed by atoms with van der Waals surface area (Å²) in [5.74, 6) is 1.34. The third-order valence-electron chi connectivity index (χ3n) is 4.17. The predicted molar refractivity (Wildman–Crippen MR) is 65.9 cm³/mol. The zero-order chi connectivity index (χ0) is 11.1. The summed E-state index contributed by atoms with van der Waals surface area (Å²) in [5, 5.41) is 10.2. The van der Waals surface area contributed by atoms with Crippen LogP contribution in [-0.2, 0) is 0 Å². The first-order valence-corrected chi connectivity index (χ1v) is 6.96.